The van der Waals surface area contributed by atoms with Crippen LogP contribution in [0, 0.1) is 5.92 Å². The summed E-state index contributed by atoms with van der Waals surface area (Å²) in [6.45, 7) is 2.20. The van der Waals surface area contributed by atoms with Gasteiger partial charge < -0.3 is 0 Å². The quantitative estimate of drug-likeness (QED) is 0.872. The molecule has 4 nitrogen and oxygen atoms in total. The largest absolute Gasteiger partial charge is 0.276 e. The summed E-state index contributed by atoms with van der Waals surface area (Å²) in [6.07, 6.45) is 3.87. The topological polar surface area (TPSA) is 58.5 Å². The molecule has 2 rings (SSSR count). The first-order valence-corrected chi connectivity index (χ1v) is 8.16. The van der Waals surface area contributed by atoms with Gasteiger partial charge in [0.15, 0.2) is 0 Å². The van der Waals surface area contributed by atoms with Crippen LogP contribution in [0.15, 0.2) is 34.3 Å². The van der Waals surface area contributed by atoms with Crippen LogP contribution in [0.25, 0.3) is 0 Å². The highest BCUT2D eigenvalue weighted by Crippen LogP contribution is 2.21. The molecule has 0 spiro atoms. The van der Waals surface area contributed by atoms with Crippen LogP contribution in [0.2, 0.25) is 5.02 Å². The van der Waals surface area contributed by atoms with Crippen LogP contribution < -0.4 is 4.83 Å². The Morgan fingerprint density at radius 1 is 1.21 bits per heavy atom. The van der Waals surface area contributed by atoms with Crippen molar-refractivity contribution in [2.45, 2.75) is 37.5 Å². The Morgan fingerprint density at radius 3 is 2.37 bits per heavy atom. The normalized spacial score (nSPS) is 20.1. The molecule has 1 aliphatic carbocycles. The molecule has 0 radical (unpaired) electrons. The molecule has 0 bridgehead atoms. The molecule has 0 aliphatic heterocycles. The summed E-state index contributed by atoms with van der Waals surface area (Å²) in [5, 5.41) is 4.54. The Morgan fingerprint density at radius 2 is 1.79 bits per heavy atom. The molecule has 0 saturated heterocycles. The van der Waals surface area contributed by atoms with Crippen molar-refractivity contribution < 1.29 is 8.42 Å². The third-order valence-corrected chi connectivity index (χ3v) is 4.78. The van der Waals surface area contributed by atoms with Crippen LogP contribution in [0.3, 0.4) is 0 Å². The van der Waals surface area contributed by atoms with E-state index in [1.807, 2.05) is 0 Å². The molecule has 104 valence electrons. The number of hydrogen-bond acceptors (Lipinski definition) is 3. The van der Waals surface area contributed by atoms with Gasteiger partial charge in [-0.05, 0) is 55.9 Å². The first kappa shape index (κ1) is 14.3. The van der Waals surface area contributed by atoms with Gasteiger partial charge in [0.2, 0.25) is 0 Å². The lowest BCUT2D eigenvalue weighted by atomic mass is 9.90. The van der Waals surface area contributed by atoms with Gasteiger partial charge in [-0.1, -0.05) is 18.5 Å². The van der Waals surface area contributed by atoms with Crippen molar-refractivity contribution in [1.82, 2.24) is 4.83 Å². The number of hydrogen-bond donors (Lipinski definition) is 1. The molecule has 19 heavy (non-hydrogen) atoms. The van der Waals surface area contributed by atoms with Gasteiger partial charge in [-0.25, -0.2) is 4.83 Å². The van der Waals surface area contributed by atoms with Crippen molar-refractivity contribution in [1.29, 1.82) is 0 Å². The van der Waals surface area contributed by atoms with E-state index >= 15 is 0 Å². The third kappa shape index (κ3) is 3.94. The molecule has 1 saturated carbocycles. The second-order valence-electron chi connectivity index (χ2n) is 4.91. The van der Waals surface area contributed by atoms with E-state index in [4.69, 9.17) is 11.6 Å². The van der Waals surface area contributed by atoms with Crippen molar-refractivity contribution >= 4 is 27.3 Å². The van der Waals surface area contributed by atoms with E-state index in [1.54, 1.807) is 12.1 Å². The van der Waals surface area contributed by atoms with Crippen molar-refractivity contribution in [3.63, 3.8) is 0 Å². The SMILES string of the molecule is CC1CCC(=NNS(=O)(=O)c2ccc(Cl)cc2)CC1. The zero-order valence-electron chi connectivity index (χ0n) is 10.8. The molecule has 0 amide bonds. The minimum Gasteiger partial charge on any atom is -0.200 e. The lowest BCUT2D eigenvalue weighted by Gasteiger charge is -2.18. The predicted molar refractivity (Wildman–Crippen MR) is 76.8 cm³/mol. The molecule has 1 aromatic rings. The first-order valence-electron chi connectivity index (χ1n) is 6.30. The molecule has 1 aliphatic rings. The van der Waals surface area contributed by atoms with Crippen molar-refractivity contribution in [2.24, 2.45) is 11.0 Å². The monoisotopic (exact) mass is 300 g/mol. The molecule has 6 heteroatoms. The van der Waals surface area contributed by atoms with Gasteiger partial charge >= 0.3 is 0 Å². The van der Waals surface area contributed by atoms with Gasteiger partial charge in [0.05, 0.1) is 4.90 Å². The summed E-state index contributed by atoms with van der Waals surface area (Å²) < 4.78 is 24.0. The van der Waals surface area contributed by atoms with Crippen LogP contribution in [0.1, 0.15) is 32.6 Å². The number of rotatable bonds is 3. The Bertz CT molecular complexity index is 557. The second-order valence-corrected chi connectivity index (χ2v) is 7.01. The van der Waals surface area contributed by atoms with Crippen LogP contribution in [0.4, 0.5) is 0 Å². The van der Waals surface area contributed by atoms with Crippen molar-refractivity contribution in [3.05, 3.63) is 29.3 Å². The molecule has 0 aromatic heterocycles. The Balaban J connectivity index is 2.05. The Kier molecular flexibility index (Phi) is 4.47. The van der Waals surface area contributed by atoms with Crippen LogP contribution in [0.5, 0.6) is 0 Å². The smallest absolute Gasteiger partial charge is 0.200 e. The van der Waals surface area contributed by atoms with Gasteiger partial charge in [0.25, 0.3) is 10.0 Å². The summed E-state index contributed by atoms with van der Waals surface area (Å²) in [7, 11) is -3.59. The number of halogens is 1. The third-order valence-electron chi connectivity index (χ3n) is 3.30. The highest BCUT2D eigenvalue weighted by molar-refractivity contribution is 7.89. The summed E-state index contributed by atoms with van der Waals surface area (Å²) >= 11 is 5.73. The van der Waals surface area contributed by atoms with Crippen LogP contribution in [-0.4, -0.2) is 14.1 Å². The number of hydrazone groups is 1. The average molecular weight is 301 g/mol. The fourth-order valence-corrected chi connectivity index (χ4v) is 2.97. The van der Waals surface area contributed by atoms with E-state index in [2.05, 4.69) is 16.9 Å². The van der Waals surface area contributed by atoms with Crippen LogP contribution in [-0.2, 0) is 10.0 Å². The predicted octanol–water partition coefficient (Wildman–Crippen LogP) is 3.18. The van der Waals surface area contributed by atoms with Crippen molar-refractivity contribution in [2.75, 3.05) is 0 Å². The molecule has 0 heterocycles. The summed E-state index contributed by atoms with van der Waals surface area (Å²) in [5.74, 6) is 0.701. The van der Waals surface area contributed by atoms with Crippen LogP contribution >= 0.6 is 11.6 Å². The average Bonchev–Trinajstić information content (AvgIpc) is 2.39. The van der Waals surface area contributed by atoms with Crippen molar-refractivity contribution in [3.8, 4) is 0 Å². The van der Waals surface area contributed by atoms with Gasteiger partial charge in [0.1, 0.15) is 0 Å². The summed E-state index contributed by atoms with van der Waals surface area (Å²) in [6, 6.07) is 6.03. The van der Waals surface area contributed by atoms with E-state index in [0.29, 0.717) is 10.9 Å². The number of sulfonamides is 1. The minimum absolute atomic E-state index is 0.172. The molecular formula is C13H17ClN2O2S. The maximum atomic E-state index is 12.0. The fraction of sp³-hybridized carbons (Fsp3) is 0.462. The van der Waals surface area contributed by atoms with Gasteiger partial charge in [-0.2, -0.15) is 13.5 Å². The first-order chi connectivity index (χ1) is 8.97. The molecule has 0 atom stereocenters. The summed E-state index contributed by atoms with van der Waals surface area (Å²) in [4.78, 5) is 2.47. The van der Waals surface area contributed by atoms with E-state index < -0.39 is 10.0 Å². The summed E-state index contributed by atoms with van der Waals surface area (Å²) in [5.41, 5.74) is 0.927. The number of nitrogens with zero attached hydrogens (tertiary/aromatic N) is 1. The zero-order chi connectivity index (χ0) is 13.9. The van der Waals surface area contributed by atoms with Gasteiger partial charge in [-0.15, -0.1) is 0 Å². The molecular weight excluding hydrogens is 284 g/mol. The maximum absolute atomic E-state index is 12.0. The molecule has 1 N–H and O–H groups in total. The molecule has 1 fully saturated rings. The second kappa shape index (κ2) is 5.92. The highest BCUT2D eigenvalue weighted by atomic mass is 35.5. The standard InChI is InChI=1S/C13H17ClN2O2S/c1-10-2-6-12(7-3-10)15-16-19(17,18)13-8-4-11(14)5-9-13/h4-5,8-10,16H,2-3,6-7H2,1H3. The van der Waals surface area contributed by atoms with E-state index in [1.165, 1.54) is 12.1 Å². The fourth-order valence-electron chi connectivity index (χ4n) is 2.00. The highest BCUT2D eigenvalue weighted by Gasteiger charge is 2.16. The maximum Gasteiger partial charge on any atom is 0.276 e. The van der Waals surface area contributed by atoms with E-state index in [9.17, 15) is 8.42 Å². The van der Waals surface area contributed by atoms with E-state index in [-0.39, 0.29) is 4.90 Å². The van der Waals surface area contributed by atoms with Gasteiger partial charge in [-0.3, -0.25) is 0 Å². The zero-order valence-corrected chi connectivity index (χ0v) is 12.3. The lowest BCUT2D eigenvalue weighted by molar-refractivity contribution is 0.482. The van der Waals surface area contributed by atoms with Gasteiger partial charge in [0, 0.05) is 10.7 Å². The minimum atomic E-state index is -3.59. The number of benzene rings is 1. The Hall–Kier alpha value is -1.07. The number of nitrogens with one attached hydrogen (secondary N) is 1. The van der Waals surface area contributed by atoms with E-state index in [0.717, 1.165) is 31.4 Å². The lowest BCUT2D eigenvalue weighted by Crippen LogP contribution is -2.22. The molecule has 1 aromatic carbocycles. The molecule has 0 unspecified atom stereocenters. The Labute approximate surface area is 118 Å².